The molecule has 0 fully saturated rings. The summed E-state index contributed by atoms with van der Waals surface area (Å²) in [7, 11) is 1.66. The smallest absolute Gasteiger partial charge is 0.319 e. The molecule has 0 saturated heterocycles. The molecule has 0 radical (unpaired) electrons. The highest BCUT2D eigenvalue weighted by molar-refractivity contribution is 5.92. The standard InChI is InChI=1S/C19H27N5O3/c1-5-18(25)21-15-6-8-16(9-7-15)22-19(26)20-12-17-13(2)23-24(14(17)3)10-11-27-4/h6-9H,5,10-12H2,1-4H3,(H,21,25)(H2,20,22,26). The molecule has 2 aromatic rings. The molecule has 3 N–H and O–H groups in total. The lowest BCUT2D eigenvalue weighted by Gasteiger charge is -2.09. The number of amides is 3. The van der Waals surface area contributed by atoms with E-state index in [9.17, 15) is 9.59 Å². The molecule has 8 heteroatoms. The number of rotatable bonds is 8. The number of carbonyl (C=O) groups excluding carboxylic acids is 2. The summed E-state index contributed by atoms with van der Waals surface area (Å²) in [4.78, 5) is 23.5. The van der Waals surface area contributed by atoms with Crippen LogP contribution in [0.5, 0.6) is 0 Å². The van der Waals surface area contributed by atoms with Crippen LogP contribution in [0.1, 0.15) is 30.3 Å². The molecule has 0 unspecified atom stereocenters. The zero-order chi connectivity index (χ0) is 19.8. The first kappa shape index (κ1) is 20.4. The number of hydrogen-bond acceptors (Lipinski definition) is 4. The minimum absolute atomic E-state index is 0.0507. The van der Waals surface area contributed by atoms with E-state index in [4.69, 9.17) is 4.74 Å². The van der Waals surface area contributed by atoms with Crippen LogP contribution in [0.2, 0.25) is 0 Å². The summed E-state index contributed by atoms with van der Waals surface area (Å²) in [5.74, 6) is -0.0507. The average Bonchev–Trinajstić information content (AvgIpc) is 2.93. The Balaban J connectivity index is 1.89. The van der Waals surface area contributed by atoms with E-state index in [1.807, 2.05) is 18.5 Å². The van der Waals surface area contributed by atoms with Crippen molar-refractivity contribution >= 4 is 23.3 Å². The Morgan fingerprint density at radius 3 is 2.33 bits per heavy atom. The number of nitrogens with zero attached hydrogens (tertiary/aromatic N) is 2. The topological polar surface area (TPSA) is 97.3 Å². The number of benzene rings is 1. The second-order valence-electron chi connectivity index (χ2n) is 6.15. The molecule has 0 atom stereocenters. The molecule has 3 amide bonds. The van der Waals surface area contributed by atoms with Crippen LogP contribution in [-0.2, 0) is 22.6 Å². The molecular formula is C19H27N5O3. The van der Waals surface area contributed by atoms with E-state index in [0.717, 1.165) is 17.0 Å². The van der Waals surface area contributed by atoms with Crippen molar-refractivity contribution in [3.8, 4) is 0 Å². The minimum atomic E-state index is -0.302. The average molecular weight is 373 g/mol. The zero-order valence-corrected chi connectivity index (χ0v) is 16.3. The number of hydrogen-bond donors (Lipinski definition) is 3. The van der Waals surface area contributed by atoms with Crippen molar-refractivity contribution in [3.63, 3.8) is 0 Å². The summed E-state index contributed by atoms with van der Waals surface area (Å²) in [5.41, 5.74) is 4.24. The highest BCUT2D eigenvalue weighted by Gasteiger charge is 2.12. The Hall–Kier alpha value is -2.87. The molecular weight excluding hydrogens is 346 g/mol. The maximum Gasteiger partial charge on any atom is 0.319 e. The number of urea groups is 1. The molecule has 27 heavy (non-hydrogen) atoms. The SMILES string of the molecule is CCC(=O)Nc1ccc(NC(=O)NCc2c(C)nn(CCOC)c2C)cc1. The number of methoxy groups -OCH3 is 1. The molecule has 1 heterocycles. The Morgan fingerprint density at radius 1 is 1.11 bits per heavy atom. The van der Waals surface area contributed by atoms with Crippen molar-refractivity contribution in [1.29, 1.82) is 0 Å². The van der Waals surface area contributed by atoms with Gasteiger partial charge in [-0.25, -0.2) is 4.79 Å². The lowest BCUT2D eigenvalue weighted by atomic mass is 10.2. The van der Waals surface area contributed by atoms with Crippen LogP contribution < -0.4 is 16.0 Å². The molecule has 1 aromatic carbocycles. The van der Waals surface area contributed by atoms with Crippen LogP contribution in [0.4, 0.5) is 16.2 Å². The van der Waals surface area contributed by atoms with Crippen LogP contribution >= 0.6 is 0 Å². The number of aromatic nitrogens is 2. The van der Waals surface area contributed by atoms with Crippen molar-refractivity contribution < 1.29 is 14.3 Å². The van der Waals surface area contributed by atoms with Crippen molar-refractivity contribution in [3.05, 3.63) is 41.2 Å². The van der Waals surface area contributed by atoms with Crippen LogP contribution in [0.3, 0.4) is 0 Å². The van der Waals surface area contributed by atoms with Gasteiger partial charge in [0.25, 0.3) is 0 Å². The van der Waals surface area contributed by atoms with Gasteiger partial charge in [-0.1, -0.05) is 6.92 Å². The van der Waals surface area contributed by atoms with Gasteiger partial charge in [0.05, 0.1) is 18.8 Å². The molecule has 8 nitrogen and oxygen atoms in total. The third-order valence-electron chi connectivity index (χ3n) is 4.21. The van der Waals surface area contributed by atoms with Crippen molar-refractivity contribution in [1.82, 2.24) is 15.1 Å². The molecule has 0 aliphatic heterocycles. The van der Waals surface area contributed by atoms with Crippen molar-refractivity contribution in [2.24, 2.45) is 0 Å². The van der Waals surface area contributed by atoms with Gasteiger partial charge < -0.3 is 20.7 Å². The second-order valence-corrected chi connectivity index (χ2v) is 6.15. The van der Waals surface area contributed by atoms with Crippen LogP contribution in [-0.4, -0.2) is 35.4 Å². The summed E-state index contributed by atoms with van der Waals surface area (Å²) in [6.45, 7) is 7.35. The number of anilines is 2. The van der Waals surface area contributed by atoms with Crippen LogP contribution in [0.15, 0.2) is 24.3 Å². The van der Waals surface area contributed by atoms with Gasteiger partial charge in [-0.3, -0.25) is 9.48 Å². The predicted molar refractivity (Wildman–Crippen MR) is 105 cm³/mol. The Kier molecular flexibility index (Phi) is 7.36. The Bertz CT molecular complexity index is 783. The fourth-order valence-electron chi connectivity index (χ4n) is 2.62. The van der Waals surface area contributed by atoms with E-state index >= 15 is 0 Å². The Labute approximate surface area is 159 Å². The first-order valence-corrected chi connectivity index (χ1v) is 8.91. The number of carbonyl (C=O) groups is 2. The van der Waals surface area contributed by atoms with Crippen LogP contribution in [0.25, 0.3) is 0 Å². The summed E-state index contributed by atoms with van der Waals surface area (Å²) in [5, 5.41) is 12.9. The van der Waals surface area contributed by atoms with E-state index in [-0.39, 0.29) is 11.9 Å². The van der Waals surface area contributed by atoms with Gasteiger partial charge in [0.15, 0.2) is 0 Å². The summed E-state index contributed by atoms with van der Waals surface area (Å²) < 4.78 is 6.97. The molecule has 0 aliphatic carbocycles. The third kappa shape index (κ3) is 5.82. The van der Waals surface area contributed by atoms with Crippen molar-refractivity contribution in [2.75, 3.05) is 24.4 Å². The van der Waals surface area contributed by atoms with Gasteiger partial charge in [0.2, 0.25) is 5.91 Å². The minimum Gasteiger partial charge on any atom is -0.383 e. The van der Waals surface area contributed by atoms with E-state index in [1.54, 1.807) is 38.3 Å². The summed E-state index contributed by atoms with van der Waals surface area (Å²) >= 11 is 0. The molecule has 0 saturated carbocycles. The maximum atomic E-state index is 12.2. The molecule has 0 aliphatic rings. The number of nitrogens with one attached hydrogen (secondary N) is 3. The van der Waals surface area contributed by atoms with E-state index in [2.05, 4.69) is 21.0 Å². The highest BCUT2D eigenvalue weighted by Crippen LogP contribution is 2.15. The second kappa shape index (κ2) is 9.72. The lowest BCUT2D eigenvalue weighted by molar-refractivity contribution is -0.115. The highest BCUT2D eigenvalue weighted by atomic mass is 16.5. The van der Waals surface area contributed by atoms with Gasteiger partial charge in [0, 0.05) is 42.7 Å². The van der Waals surface area contributed by atoms with Gasteiger partial charge >= 0.3 is 6.03 Å². The number of ether oxygens (including phenoxy) is 1. The zero-order valence-electron chi connectivity index (χ0n) is 16.3. The summed E-state index contributed by atoms with van der Waals surface area (Å²) in [6, 6.07) is 6.67. The van der Waals surface area contributed by atoms with Gasteiger partial charge in [-0.05, 0) is 38.1 Å². The maximum absolute atomic E-state index is 12.2. The fraction of sp³-hybridized carbons (Fsp3) is 0.421. The predicted octanol–water partition coefficient (Wildman–Crippen LogP) is 2.82. The lowest BCUT2D eigenvalue weighted by Crippen LogP contribution is -2.28. The number of aryl methyl sites for hydroxylation is 1. The van der Waals surface area contributed by atoms with E-state index in [1.165, 1.54) is 0 Å². The van der Waals surface area contributed by atoms with Gasteiger partial charge in [-0.2, -0.15) is 5.10 Å². The molecule has 2 rings (SSSR count). The Morgan fingerprint density at radius 2 is 1.74 bits per heavy atom. The van der Waals surface area contributed by atoms with Crippen LogP contribution in [0, 0.1) is 13.8 Å². The van der Waals surface area contributed by atoms with E-state index in [0.29, 0.717) is 37.5 Å². The summed E-state index contributed by atoms with van der Waals surface area (Å²) in [6.07, 6.45) is 0.420. The monoisotopic (exact) mass is 373 g/mol. The van der Waals surface area contributed by atoms with E-state index < -0.39 is 0 Å². The first-order valence-electron chi connectivity index (χ1n) is 8.91. The molecule has 1 aromatic heterocycles. The normalized spacial score (nSPS) is 10.5. The molecule has 0 spiro atoms. The first-order chi connectivity index (χ1) is 12.9. The van der Waals surface area contributed by atoms with Crippen molar-refractivity contribution in [2.45, 2.75) is 40.3 Å². The molecule has 146 valence electrons. The third-order valence-corrected chi connectivity index (χ3v) is 4.21. The quantitative estimate of drug-likeness (QED) is 0.663. The molecule has 0 bridgehead atoms. The van der Waals surface area contributed by atoms with Gasteiger partial charge in [0.1, 0.15) is 0 Å². The largest absolute Gasteiger partial charge is 0.383 e. The fourth-order valence-corrected chi connectivity index (χ4v) is 2.62. The van der Waals surface area contributed by atoms with Gasteiger partial charge in [-0.15, -0.1) is 0 Å².